The first kappa shape index (κ1) is 18.0. The van der Waals surface area contributed by atoms with E-state index in [1.54, 1.807) is 39.3 Å². The second-order valence-corrected chi connectivity index (χ2v) is 8.16. The van der Waals surface area contributed by atoms with E-state index in [-0.39, 0.29) is 31.2 Å². The van der Waals surface area contributed by atoms with Crippen molar-refractivity contribution in [2.75, 3.05) is 33.0 Å². The van der Waals surface area contributed by atoms with E-state index in [2.05, 4.69) is 0 Å². The first-order valence-corrected chi connectivity index (χ1v) is 10.3. The number of thiophene rings is 1. The van der Waals surface area contributed by atoms with Crippen molar-refractivity contribution in [1.82, 2.24) is 14.7 Å². The summed E-state index contributed by atoms with van der Waals surface area (Å²) in [5, 5.41) is 1.98. The number of hydrogen-bond acceptors (Lipinski definition) is 6. The Kier molecular flexibility index (Phi) is 4.39. The molecule has 9 heteroatoms. The Morgan fingerprint density at radius 3 is 2.83 bits per heavy atom. The number of carbonyl (C=O) groups is 3. The molecule has 0 aliphatic carbocycles. The Labute approximate surface area is 171 Å². The second kappa shape index (κ2) is 7.07. The van der Waals surface area contributed by atoms with Gasteiger partial charge in [0.1, 0.15) is 6.04 Å². The lowest BCUT2D eigenvalue weighted by molar-refractivity contribution is -0.129. The summed E-state index contributed by atoms with van der Waals surface area (Å²) >= 11 is 1.61. The van der Waals surface area contributed by atoms with Crippen LogP contribution in [0.25, 0.3) is 0 Å². The number of hydrogen-bond donors (Lipinski definition) is 0. The van der Waals surface area contributed by atoms with Crippen molar-refractivity contribution in [3.05, 3.63) is 46.2 Å². The zero-order valence-corrected chi connectivity index (χ0v) is 16.4. The van der Waals surface area contributed by atoms with E-state index < -0.39 is 6.04 Å². The molecule has 1 aromatic carbocycles. The summed E-state index contributed by atoms with van der Waals surface area (Å²) in [7, 11) is 0. The van der Waals surface area contributed by atoms with Crippen LogP contribution in [-0.4, -0.2) is 71.6 Å². The number of fused-ring (bicyclic) bond motifs is 2. The summed E-state index contributed by atoms with van der Waals surface area (Å²) in [5.74, 6) is 0.751. The second-order valence-electron chi connectivity index (χ2n) is 7.13. The minimum Gasteiger partial charge on any atom is -0.454 e. The topological polar surface area (TPSA) is 79.4 Å². The van der Waals surface area contributed by atoms with E-state index in [1.807, 2.05) is 17.5 Å². The maximum absolute atomic E-state index is 12.9. The maximum atomic E-state index is 12.9. The molecule has 150 valence electrons. The summed E-state index contributed by atoms with van der Waals surface area (Å²) in [6.45, 7) is 1.45. The van der Waals surface area contributed by atoms with Gasteiger partial charge in [0.15, 0.2) is 11.5 Å². The average Bonchev–Trinajstić information content (AvgIpc) is 3.47. The first-order chi connectivity index (χ1) is 14.1. The van der Waals surface area contributed by atoms with Crippen LogP contribution in [-0.2, 0) is 11.2 Å². The molecule has 1 atom stereocenters. The number of urea groups is 1. The fourth-order valence-electron chi connectivity index (χ4n) is 3.93. The highest BCUT2D eigenvalue weighted by molar-refractivity contribution is 7.09. The molecule has 2 aromatic rings. The summed E-state index contributed by atoms with van der Waals surface area (Å²) in [5.41, 5.74) is 0.481. The molecule has 4 heterocycles. The van der Waals surface area contributed by atoms with Crippen LogP contribution < -0.4 is 9.47 Å². The quantitative estimate of drug-likeness (QED) is 0.715. The molecule has 3 aliphatic rings. The minimum atomic E-state index is -0.613. The van der Waals surface area contributed by atoms with Gasteiger partial charge in [0, 0.05) is 30.1 Å². The number of imide groups is 1. The molecule has 0 unspecified atom stereocenters. The van der Waals surface area contributed by atoms with E-state index in [4.69, 9.17) is 9.47 Å². The molecule has 2 saturated heterocycles. The normalized spacial score (nSPS) is 20.4. The number of benzene rings is 1. The molecule has 0 radical (unpaired) electrons. The highest BCUT2D eigenvalue weighted by Gasteiger charge is 2.48. The maximum Gasteiger partial charge on any atom is 0.327 e. The van der Waals surface area contributed by atoms with Gasteiger partial charge in [-0.3, -0.25) is 14.5 Å². The van der Waals surface area contributed by atoms with Gasteiger partial charge < -0.3 is 19.3 Å². The Morgan fingerprint density at radius 2 is 2.00 bits per heavy atom. The van der Waals surface area contributed by atoms with Crippen molar-refractivity contribution >= 4 is 29.2 Å². The van der Waals surface area contributed by atoms with Crippen LogP contribution >= 0.6 is 11.3 Å². The Morgan fingerprint density at radius 1 is 1.14 bits per heavy atom. The van der Waals surface area contributed by atoms with E-state index >= 15 is 0 Å². The van der Waals surface area contributed by atoms with Crippen LogP contribution in [0.4, 0.5) is 4.79 Å². The molecule has 3 aliphatic heterocycles. The van der Waals surface area contributed by atoms with Crippen LogP contribution in [0.2, 0.25) is 0 Å². The van der Waals surface area contributed by atoms with Crippen LogP contribution in [0.1, 0.15) is 15.2 Å². The number of amides is 4. The fourth-order valence-corrected chi connectivity index (χ4v) is 4.63. The number of rotatable bonds is 4. The Hall–Kier alpha value is -3.07. The Balaban J connectivity index is 1.28. The van der Waals surface area contributed by atoms with E-state index in [0.29, 0.717) is 43.1 Å². The molecule has 0 N–H and O–H groups in total. The molecule has 5 rings (SSSR count). The summed E-state index contributed by atoms with van der Waals surface area (Å²) in [4.78, 5) is 44.2. The predicted octanol–water partition coefficient (Wildman–Crippen LogP) is 1.81. The third kappa shape index (κ3) is 3.11. The van der Waals surface area contributed by atoms with Crippen molar-refractivity contribution in [2.45, 2.75) is 12.5 Å². The standard InChI is InChI=1S/C20H19N3O5S/c24-18(13-3-4-16-17(10-13)28-12-27-16)21-7-8-22-15(11-21)19(25)23(20(22)26)6-5-14-2-1-9-29-14/h1-4,9-10,15H,5-8,11-12H2/t15-/m1/s1. The van der Waals surface area contributed by atoms with Gasteiger partial charge in [0.25, 0.3) is 11.8 Å². The zero-order chi connectivity index (χ0) is 20.0. The van der Waals surface area contributed by atoms with Gasteiger partial charge >= 0.3 is 6.03 Å². The van der Waals surface area contributed by atoms with Gasteiger partial charge in [0.2, 0.25) is 6.79 Å². The van der Waals surface area contributed by atoms with Crippen molar-refractivity contribution in [3.63, 3.8) is 0 Å². The number of carbonyl (C=O) groups excluding carboxylic acids is 3. The lowest BCUT2D eigenvalue weighted by Crippen LogP contribution is -2.54. The van der Waals surface area contributed by atoms with E-state index in [0.717, 1.165) is 4.88 Å². The van der Waals surface area contributed by atoms with Gasteiger partial charge in [-0.25, -0.2) is 4.79 Å². The average molecular weight is 413 g/mol. The van der Waals surface area contributed by atoms with Crippen LogP contribution in [0.3, 0.4) is 0 Å². The zero-order valence-electron chi connectivity index (χ0n) is 15.6. The van der Waals surface area contributed by atoms with Gasteiger partial charge in [-0.1, -0.05) is 6.07 Å². The van der Waals surface area contributed by atoms with Crippen LogP contribution in [0.15, 0.2) is 35.7 Å². The van der Waals surface area contributed by atoms with Gasteiger partial charge in [0.05, 0.1) is 6.54 Å². The summed E-state index contributed by atoms with van der Waals surface area (Å²) in [6, 6.07) is 8.14. The van der Waals surface area contributed by atoms with Crippen molar-refractivity contribution in [1.29, 1.82) is 0 Å². The largest absolute Gasteiger partial charge is 0.454 e. The third-order valence-corrected chi connectivity index (χ3v) is 6.41. The smallest absolute Gasteiger partial charge is 0.327 e. The fraction of sp³-hybridized carbons (Fsp3) is 0.350. The van der Waals surface area contributed by atoms with E-state index in [1.165, 1.54) is 4.90 Å². The molecule has 1 aromatic heterocycles. The van der Waals surface area contributed by atoms with Crippen molar-refractivity contribution in [2.24, 2.45) is 0 Å². The van der Waals surface area contributed by atoms with Gasteiger partial charge in [-0.05, 0) is 36.1 Å². The number of piperazine rings is 1. The first-order valence-electron chi connectivity index (χ1n) is 9.45. The molecule has 4 amide bonds. The lowest BCUT2D eigenvalue weighted by atomic mass is 10.1. The molecular weight excluding hydrogens is 394 g/mol. The summed E-state index contributed by atoms with van der Waals surface area (Å²) in [6.07, 6.45) is 0.648. The van der Waals surface area contributed by atoms with Crippen LogP contribution in [0.5, 0.6) is 11.5 Å². The monoisotopic (exact) mass is 413 g/mol. The third-order valence-electron chi connectivity index (χ3n) is 5.48. The molecule has 0 saturated carbocycles. The molecular formula is C20H19N3O5S. The molecule has 0 bridgehead atoms. The highest BCUT2D eigenvalue weighted by Crippen LogP contribution is 2.33. The van der Waals surface area contributed by atoms with Gasteiger partial charge in [-0.15, -0.1) is 11.3 Å². The van der Waals surface area contributed by atoms with Crippen molar-refractivity contribution < 1.29 is 23.9 Å². The molecule has 8 nitrogen and oxygen atoms in total. The molecule has 0 spiro atoms. The van der Waals surface area contributed by atoms with Crippen molar-refractivity contribution in [3.8, 4) is 11.5 Å². The minimum absolute atomic E-state index is 0.144. The molecule has 29 heavy (non-hydrogen) atoms. The number of nitrogens with zero attached hydrogens (tertiary/aromatic N) is 3. The van der Waals surface area contributed by atoms with E-state index in [9.17, 15) is 14.4 Å². The predicted molar refractivity (Wildman–Crippen MR) is 104 cm³/mol. The summed E-state index contributed by atoms with van der Waals surface area (Å²) < 4.78 is 10.6. The van der Waals surface area contributed by atoms with Gasteiger partial charge in [-0.2, -0.15) is 0 Å². The Bertz CT molecular complexity index is 977. The lowest BCUT2D eigenvalue weighted by Gasteiger charge is -2.35. The molecule has 2 fully saturated rings. The SMILES string of the molecule is O=C(c1ccc2c(c1)OCO2)N1CCN2C(=O)N(CCc3cccs3)C(=O)[C@H]2C1. The number of ether oxygens (including phenoxy) is 2. The van der Waals surface area contributed by atoms with Crippen LogP contribution in [0, 0.1) is 0 Å². The highest BCUT2D eigenvalue weighted by atomic mass is 32.1.